The standard InChI is InChI=1S/C27H40N4O/c1-5-21-10-12-24(13-11-21)27(2,3)20-30-26(28-4)29-18-22-6-8-23(9-7-22)19-31-16-14-25(32)15-17-31/h6-13,25,32H,5,14-20H2,1-4H3,(H2,28,29,30). The Balaban J connectivity index is 1.46. The molecule has 174 valence electrons. The van der Waals surface area contributed by atoms with Gasteiger partial charge in [-0.25, -0.2) is 0 Å². The van der Waals surface area contributed by atoms with Crippen LogP contribution >= 0.6 is 0 Å². The summed E-state index contributed by atoms with van der Waals surface area (Å²) in [6, 6.07) is 17.7. The fourth-order valence-corrected chi connectivity index (χ4v) is 4.10. The fraction of sp³-hybridized carbons (Fsp3) is 0.519. The molecule has 0 bridgehead atoms. The maximum absolute atomic E-state index is 9.67. The molecule has 5 nitrogen and oxygen atoms in total. The van der Waals surface area contributed by atoms with Crippen molar-refractivity contribution in [2.24, 2.45) is 4.99 Å². The Hall–Kier alpha value is -2.37. The van der Waals surface area contributed by atoms with E-state index < -0.39 is 0 Å². The highest BCUT2D eigenvalue weighted by Crippen LogP contribution is 2.23. The lowest BCUT2D eigenvalue weighted by Gasteiger charge is -2.29. The van der Waals surface area contributed by atoms with Crippen LogP contribution in [0.2, 0.25) is 0 Å². The Bertz CT molecular complexity index is 850. The molecule has 0 unspecified atom stereocenters. The quantitative estimate of drug-likeness (QED) is 0.435. The molecule has 0 atom stereocenters. The number of aryl methyl sites for hydroxylation is 1. The normalized spacial score (nSPS) is 16.2. The summed E-state index contributed by atoms with van der Waals surface area (Å²) < 4.78 is 0. The molecule has 2 aromatic rings. The van der Waals surface area contributed by atoms with Gasteiger partial charge in [-0.05, 0) is 41.5 Å². The highest BCUT2D eigenvalue weighted by atomic mass is 16.3. The number of hydrogen-bond donors (Lipinski definition) is 3. The van der Waals surface area contributed by atoms with Crippen LogP contribution in [-0.4, -0.2) is 48.8 Å². The maximum Gasteiger partial charge on any atom is 0.191 e. The number of nitrogens with one attached hydrogen (secondary N) is 2. The molecule has 32 heavy (non-hydrogen) atoms. The van der Waals surface area contributed by atoms with E-state index in [4.69, 9.17) is 0 Å². The van der Waals surface area contributed by atoms with E-state index in [1.807, 2.05) is 7.05 Å². The summed E-state index contributed by atoms with van der Waals surface area (Å²) in [5.74, 6) is 0.819. The zero-order valence-corrected chi connectivity index (χ0v) is 20.2. The van der Waals surface area contributed by atoms with Crippen molar-refractivity contribution in [3.8, 4) is 0 Å². The lowest BCUT2D eigenvalue weighted by Crippen LogP contribution is -2.43. The first-order valence-corrected chi connectivity index (χ1v) is 11.9. The molecule has 3 N–H and O–H groups in total. The molecule has 2 aromatic carbocycles. The summed E-state index contributed by atoms with van der Waals surface area (Å²) in [7, 11) is 1.82. The molecular weight excluding hydrogens is 396 g/mol. The van der Waals surface area contributed by atoms with Gasteiger partial charge in [0.15, 0.2) is 5.96 Å². The zero-order chi connectivity index (χ0) is 23.0. The van der Waals surface area contributed by atoms with Crippen molar-refractivity contribution in [2.75, 3.05) is 26.7 Å². The number of nitrogens with zero attached hydrogens (tertiary/aromatic N) is 2. The molecule has 1 fully saturated rings. The molecule has 0 radical (unpaired) electrons. The molecule has 5 heteroatoms. The summed E-state index contributed by atoms with van der Waals surface area (Å²) in [5, 5.41) is 16.6. The number of rotatable bonds is 8. The molecule has 1 heterocycles. The Morgan fingerprint density at radius 1 is 0.969 bits per heavy atom. The zero-order valence-electron chi connectivity index (χ0n) is 20.2. The van der Waals surface area contributed by atoms with Gasteiger partial charge in [-0.3, -0.25) is 9.89 Å². The number of guanidine groups is 1. The molecule has 0 amide bonds. The van der Waals surface area contributed by atoms with E-state index in [0.717, 1.165) is 57.9 Å². The summed E-state index contributed by atoms with van der Waals surface area (Å²) in [6.07, 6.45) is 2.72. The Labute approximate surface area is 194 Å². The molecule has 0 saturated carbocycles. The van der Waals surface area contributed by atoms with Crippen molar-refractivity contribution >= 4 is 5.96 Å². The molecular formula is C27H40N4O. The van der Waals surface area contributed by atoms with E-state index in [0.29, 0.717) is 0 Å². The van der Waals surface area contributed by atoms with Crippen molar-refractivity contribution in [3.63, 3.8) is 0 Å². The van der Waals surface area contributed by atoms with Gasteiger partial charge < -0.3 is 15.7 Å². The molecule has 0 aliphatic carbocycles. The van der Waals surface area contributed by atoms with Crippen LogP contribution < -0.4 is 10.6 Å². The minimum absolute atomic E-state index is 0.00996. The number of benzene rings is 2. The van der Waals surface area contributed by atoms with Crippen LogP contribution in [0.25, 0.3) is 0 Å². The highest BCUT2D eigenvalue weighted by molar-refractivity contribution is 5.79. The van der Waals surface area contributed by atoms with E-state index in [2.05, 4.69) is 89.8 Å². The third-order valence-corrected chi connectivity index (χ3v) is 6.51. The van der Waals surface area contributed by atoms with Crippen molar-refractivity contribution < 1.29 is 5.11 Å². The number of aliphatic imine (C=N–C) groups is 1. The first-order chi connectivity index (χ1) is 15.4. The monoisotopic (exact) mass is 436 g/mol. The molecule has 1 aliphatic heterocycles. The molecule has 1 aliphatic rings. The second-order valence-corrected chi connectivity index (χ2v) is 9.54. The maximum atomic E-state index is 9.67. The van der Waals surface area contributed by atoms with Crippen LogP contribution in [-0.2, 0) is 24.9 Å². The summed E-state index contributed by atoms with van der Waals surface area (Å²) in [4.78, 5) is 6.82. The van der Waals surface area contributed by atoms with E-state index in [-0.39, 0.29) is 11.5 Å². The predicted octanol–water partition coefficient (Wildman–Crippen LogP) is 3.85. The van der Waals surface area contributed by atoms with E-state index in [1.54, 1.807) is 0 Å². The molecule has 3 rings (SSSR count). The van der Waals surface area contributed by atoms with Crippen LogP contribution in [0.15, 0.2) is 53.5 Å². The van der Waals surface area contributed by atoms with Crippen LogP contribution in [0.5, 0.6) is 0 Å². The predicted molar refractivity (Wildman–Crippen MR) is 134 cm³/mol. The third-order valence-electron chi connectivity index (χ3n) is 6.51. The SMILES string of the molecule is CCc1ccc(C(C)(C)CNC(=NC)NCc2ccc(CN3CCC(O)CC3)cc2)cc1. The van der Waals surface area contributed by atoms with Crippen LogP contribution in [0.3, 0.4) is 0 Å². The Morgan fingerprint density at radius 2 is 1.56 bits per heavy atom. The van der Waals surface area contributed by atoms with Gasteiger partial charge in [0.2, 0.25) is 0 Å². The Morgan fingerprint density at radius 3 is 2.16 bits per heavy atom. The number of aliphatic hydroxyl groups is 1. The number of likely N-dealkylation sites (tertiary alicyclic amines) is 1. The van der Waals surface area contributed by atoms with Crippen molar-refractivity contribution in [2.45, 2.75) is 64.6 Å². The van der Waals surface area contributed by atoms with Gasteiger partial charge in [-0.15, -0.1) is 0 Å². The summed E-state index contributed by atoms with van der Waals surface area (Å²) in [5.41, 5.74) is 5.27. The number of aliphatic hydroxyl groups excluding tert-OH is 1. The lowest BCUT2D eigenvalue weighted by molar-refractivity contribution is 0.0792. The van der Waals surface area contributed by atoms with Gasteiger partial charge in [0, 0.05) is 45.2 Å². The lowest BCUT2D eigenvalue weighted by atomic mass is 9.84. The third kappa shape index (κ3) is 7.07. The van der Waals surface area contributed by atoms with Gasteiger partial charge in [-0.1, -0.05) is 69.3 Å². The Kier molecular flexibility index (Phi) is 8.71. The van der Waals surface area contributed by atoms with Gasteiger partial charge in [0.25, 0.3) is 0 Å². The van der Waals surface area contributed by atoms with E-state index in [9.17, 15) is 5.11 Å². The number of hydrogen-bond acceptors (Lipinski definition) is 3. The van der Waals surface area contributed by atoms with Crippen molar-refractivity contribution in [3.05, 3.63) is 70.8 Å². The molecule has 0 aromatic heterocycles. The van der Waals surface area contributed by atoms with Gasteiger partial charge in [0.05, 0.1) is 6.10 Å². The average Bonchev–Trinajstić information content (AvgIpc) is 2.81. The van der Waals surface area contributed by atoms with E-state index in [1.165, 1.54) is 22.3 Å². The average molecular weight is 437 g/mol. The van der Waals surface area contributed by atoms with Crippen LogP contribution in [0, 0.1) is 0 Å². The highest BCUT2D eigenvalue weighted by Gasteiger charge is 2.21. The van der Waals surface area contributed by atoms with Gasteiger partial charge >= 0.3 is 0 Å². The number of piperidine rings is 1. The minimum atomic E-state index is -0.116. The summed E-state index contributed by atoms with van der Waals surface area (Å²) in [6.45, 7) is 11.2. The first kappa shape index (κ1) is 24.3. The topological polar surface area (TPSA) is 59.9 Å². The van der Waals surface area contributed by atoms with Crippen LogP contribution in [0.4, 0.5) is 0 Å². The fourth-order valence-electron chi connectivity index (χ4n) is 4.10. The van der Waals surface area contributed by atoms with Gasteiger partial charge in [0.1, 0.15) is 0 Å². The first-order valence-electron chi connectivity index (χ1n) is 11.9. The van der Waals surface area contributed by atoms with E-state index >= 15 is 0 Å². The smallest absolute Gasteiger partial charge is 0.191 e. The second-order valence-electron chi connectivity index (χ2n) is 9.54. The molecule has 0 spiro atoms. The van der Waals surface area contributed by atoms with Crippen LogP contribution in [0.1, 0.15) is 55.9 Å². The molecule has 1 saturated heterocycles. The second kappa shape index (κ2) is 11.5. The van der Waals surface area contributed by atoms with Gasteiger partial charge in [-0.2, -0.15) is 0 Å². The largest absolute Gasteiger partial charge is 0.393 e. The van der Waals surface area contributed by atoms with Crippen molar-refractivity contribution in [1.82, 2.24) is 15.5 Å². The van der Waals surface area contributed by atoms with Crippen molar-refractivity contribution in [1.29, 1.82) is 0 Å². The summed E-state index contributed by atoms with van der Waals surface area (Å²) >= 11 is 0. The minimum Gasteiger partial charge on any atom is -0.393 e.